The Morgan fingerprint density at radius 3 is 1.96 bits per heavy atom. The van der Waals surface area contributed by atoms with E-state index in [0.717, 1.165) is 0 Å². The number of nitrogens with zero attached hydrogens (tertiary/aromatic N) is 1. The summed E-state index contributed by atoms with van der Waals surface area (Å²) in [5.74, 6) is -1.49. The second-order valence-electron chi connectivity index (χ2n) is 5.47. The number of fused-ring (bicyclic) bond motifs is 1. The molecule has 0 spiro atoms. The van der Waals surface area contributed by atoms with Gasteiger partial charge in [0.2, 0.25) is 0 Å². The van der Waals surface area contributed by atoms with Crippen LogP contribution < -0.4 is 5.43 Å². The number of pyridine rings is 1. The number of hydrogen-bond acceptors (Lipinski definition) is 1. The minimum atomic E-state index is -1.04. The third-order valence-corrected chi connectivity index (χ3v) is 4.02. The molecule has 1 heterocycles. The van der Waals surface area contributed by atoms with E-state index in [1.54, 1.807) is 6.92 Å². The molecule has 0 unspecified atom stereocenters. The van der Waals surface area contributed by atoms with Crippen molar-refractivity contribution < 1.29 is 13.2 Å². The number of alkyl halides is 1. The van der Waals surface area contributed by atoms with Crippen molar-refractivity contribution in [3.8, 4) is 0 Å². The van der Waals surface area contributed by atoms with Crippen molar-refractivity contribution in [2.24, 2.45) is 0 Å². The summed E-state index contributed by atoms with van der Waals surface area (Å²) in [7, 11) is 0. The maximum absolute atomic E-state index is 14.4. The van der Waals surface area contributed by atoms with Crippen LogP contribution in [0.3, 0.4) is 0 Å². The quantitative estimate of drug-likeness (QED) is 0.667. The van der Waals surface area contributed by atoms with Crippen LogP contribution in [0.2, 0.25) is 0 Å². The fourth-order valence-electron chi connectivity index (χ4n) is 2.70. The first-order valence-electron chi connectivity index (χ1n) is 8.48. The standard InChI is InChI=1S/C15H14F3NO.2C2H6/c1-6-5-19(10-4-9(10)16)14-11(15(6)20)7(2)12(17)8(3)13(14)18;2*1-2/h5,9-10H,4H2,1-3H3;2*1-2H3/t9-,10+;;/m0../s1. The summed E-state index contributed by atoms with van der Waals surface area (Å²) >= 11 is 0. The minimum Gasteiger partial charge on any atom is -0.338 e. The number of aryl methyl sites for hydroxylation is 2. The molecule has 2 nitrogen and oxygen atoms in total. The second kappa shape index (κ2) is 7.86. The summed E-state index contributed by atoms with van der Waals surface area (Å²) in [6.45, 7) is 12.4. The van der Waals surface area contributed by atoms with E-state index in [2.05, 4.69) is 0 Å². The molecular formula is C19H26F3NO. The summed E-state index contributed by atoms with van der Waals surface area (Å²) in [4.78, 5) is 12.2. The van der Waals surface area contributed by atoms with Crippen molar-refractivity contribution >= 4 is 10.9 Å². The van der Waals surface area contributed by atoms with Gasteiger partial charge >= 0.3 is 0 Å². The van der Waals surface area contributed by atoms with Gasteiger partial charge in [0.05, 0.1) is 16.9 Å². The van der Waals surface area contributed by atoms with Crippen LogP contribution >= 0.6 is 0 Å². The Balaban J connectivity index is 0.000000671. The highest BCUT2D eigenvalue weighted by molar-refractivity contribution is 5.85. The predicted octanol–water partition coefficient (Wildman–Crippen LogP) is 5.54. The maximum Gasteiger partial charge on any atom is 0.192 e. The van der Waals surface area contributed by atoms with Crippen LogP contribution in [0, 0.1) is 32.4 Å². The van der Waals surface area contributed by atoms with E-state index in [0.29, 0.717) is 12.0 Å². The molecule has 0 saturated heterocycles. The van der Waals surface area contributed by atoms with Crippen LogP contribution in [-0.4, -0.2) is 10.7 Å². The molecule has 2 aromatic rings. The average molecular weight is 341 g/mol. The van der Waals surface area contributed by atoms with Crippen molar-refractivity contribution in [2.45, 2.75) is 67.1 Å². The van der Waals surface area contributed by atoms with Gasteiger partial charge in [-0.3, -0.25) is 4.79 Å². The molecule has 1 aromatic heterocycles. The number of rotatable bonds is 1. The van der Waals surface area contributed by atoms with Crippen molar-refractivity contribution in [1.29, 1.82) is 0 Å². The van der Waals surface area contributed by atoms with Gasteiger partial charge in [0.25, 0.3) is 0 Å². The molecule has 1 fully saturated rings. The molecule has 0 amide bonds. The molecule has 2 atom stereocenters. The van der Waals surface area contributed by atoms with Gasteiger partial charge < -0.3 is 4.57 Å². The average Bonchev–Trinajstić information content (AvgIpc) is 3.33. The maximum atomic E-state index is 14.4. The van der Waals surface area contributed by atoms with Gasteiger partial charge in [-0.1, -0.05) is 27.7 Å². The van der Waals surface area contributed by atoms with Crippen LogP contribution in [0.25, 0.3) is 10.9 Å². The van der Waals surface area contributed by atoms with E-state index >= 15 is 0 Å². The van der Waals surface area contributed by atoms with Gasteiger partial charge in [-0.05, 0) is 26.3 Å². The topological polar surface area (TPSA) is 22.0 Å². The third kappa shape index (κ3) is 3.21. The Morgan fingerprint density at radius 1 is 1.00 bits per heavy atom. The van der Waals surface area contributed by atoms with E-state index in [1.165, 1.54) is 24.6 Å². The fraction of sp³-hybridized carbons (Fsp3) is 0.526. The molecule has 0 radical (unpaired) electrons. The molecular weight excluding hydrogens is 315 g/mol. The molecule has 0 bridgehead atoms. The van der Waals surface area contributed by atoms with Crippen molar-refractivity contribution in [3.05, 3.63) is 44.7 Å². The zero-order valence-electron chi connectivity index (χ0n) is 15.4. The molecule has 3 rings (SSSR count). The molecule has 134 valence electrons. The Labute approximate surface area is 141 Å². The lowest BCUT2D eigenvalue weighted by Crippen LogP contribution is -2.16. The predicted molar refractivity (Wildman–Crippen MR) is 93.6 cm³/mol. The van der Waals surface area contributed by atoms with Crippen molar-refractivity contribution in [1.82, 2.24) is 4.57 Å². The number of halogens is 3. The van der Waals surface area contributed by atoms with Crippen molar-refractivity contribution in [3.63, 3.8) is 0 Å². The van der Waals surface area contributed by atoms with Gasteiger partial charge in [-0.15, -0.1) is 0 Å². The summed E-state index contributed by atoms with van der Waals surface area (Å²) < 4.78 is 43.2. The first kappa shape index (κ1) is 20.3. The molecule has 5 heteroatoms. The number of hydrogen-bond donors (Lipinski definition) is 0. The minimum absolute atomic E-state index is 0.0159. The van der Waals surface area contributed by atoms with Gasteiger partial charge in [0.15, 0.2) is 11.2 Å². The van der Waals surface area contributed by atoms with Crippen LogP contribution in [-0.2, 0) is 0 Å². The fourth-order valence-corrected chi connectivity index (χ4v) is 2.70. The van der Waals surface area contributed by atoms with Gasteiger partial charge in [0.1, 0.15) is 12.0 Å². The van der Waals surface area contributed by atoms with E-state index in [9.17, 15) is 18.0 Å². The Kier molecular flexibility index (Phi) is 6.64. The molecule has 24 heavy (non-hydrogen) atoms. The lowest BCUT2D eigenvalue weighted by Gasteiger charge is -2.16. The first-order chi connectivity index (χ1) is 11.3. The van der Waals surface area contributed by atoms with Gasteiger partial charge in [0, 0.05) is 23.7 Å². The van der Waals surface area contributed by atoms with Crippen molar-refractivity contribution in [2.75, 3.05) is 0 Å². The Morgan fingerprint density at radius 2 is 1.50 bits per heavy atom. The summed E-state index contributed by atoms with van der Waals surface area (Å²) in [6.07, 6.45) is 0.728. The summed E-state index contributed by atoms with van der Waals surface area (Å²) in [5, 5.41) is 0.0182. The van der Waals surface area contributed by atoms with E-state index in [4.69, 9.17) is 0 Å². The number of benzene rings is 1. The normalized spacial score (nSPS) is 18.4. The molecule has 0 aliphatic heterocycles. The van der Waals surface area contributed by atoms with Crippen LogP contribution in [0.5, 0.6) is 0 Å². The largest absolute Gasteiger partial charge is 0.338 e. The van der Waals surface area contributed by atoms with E-state index < -0.39 is 29.3 Å². The van der Waals surface area contributed by atoms with E-state index in [-0.39, 0.29) is 22.0 Å². The lowest BCUT2D eigenvalue weighted by atomic mass is 10.0. The first-order valence-corrected chi connectivity index (χ1v) is 8.48. The highest BCUT2D eigenvalue weighted by Crippen LogP contribution is 2.41. The Hall–Kier alpha value is -1.78. The second-order valence-corrected chi connectivity index (χ2v) is 5.47. The molecule has 1 aromatic carbocycles. The van der Waals surface area contributed by atoms with Crippen LogP contribution in [0.4, 0.5) is 13.2 Å². The zero-order valence-corrected chi connectivity index (χ0v) is 15.4. The third-order valence-electron chi connectivity index (χ3n) is 4.02. The highest BCUT2D eigenvalue weighted by atomic mass is 19.1. The Bertz CT molecular complexity index is 796. The summed E-state index contributed by atoms with van der Waals surface area (Å²) in [5.41, 5.74) is -0.0346. The van der Waals surface area contributed by atoms with Gasteiger partial charge in [-0.2, -0.15) is 0 Å². The van der Waals surface area contributed by atoms with Crippen LogP contribution in [0.15, 0.2) is 11.0 Å². The van der Waals surface area contributed by atoms with Crippen LogP contribution in [0.1, 0.15) is 56.8 Å². The molecule has 0 N–H and O–H groups in total. The molecule has 1 aliphatic carbocycles. The molecule has 1 aliphatic rings. The summed E-state index contributed by atoms with van der Waals surface area (Å²) in [6, 6.07) is -0.462. The zero-order chi connectivity index (χ0) is 18.8. The van der Waals surface area contributed by atoms with Gasteiger partial charge in [-0.25, -0.2) is 13.2 Å². The molecule has 1 saturated carbocycles. The monoisotopic (exact) mass is 341 g/mol. The highest BCUT2D eigenvalue weighted by Gasteiger charge is 2.40. The van der Waals surface area contributed by atoms with E-state index in [1.807, 2.05) is 27.7 Å². The smallest absolute Gasteiger partial charge is 0.192 e. The lowest BCUT2D eigenvalue weighted by molar-refractivity contribution is 0.442. The number of aromatic nitrogens is 1. The SMILES string of the molecule is CC.CC.Cc1c(F)c(C)c2c(=O)c(C)cn([C@@H]3C[C@@H]3F)c2c1F.